The largest absolute Gasteiger partial charge is 0.480 e. The average Bonchev–Trinajstić information content (AvgIpc) is 2.08. The molecule has 4 nitrogen and oxygen atoms in total. The topological polar surface area (TPSA) is 69.6 Å². The van der Waals surface area contributed by atoms with E-state index in [2.05, 4.69) is 5.32 Å². The van der Waals surface area contributed by atoms with Crippen molar-refractivity contribution in [1.82, 2.24) is 5.32 Å². The number of rotatable bonds is 1. The van der Waals surface area contributed by atoms with E-state index in [4.69, 9.17) is 5.11 Å². The summed E-state index contributed by atoms with van der Waals surface area (Å²) in [5.41, 5.74) is -0.564. The Bertz CT molecular complexity index is 179. The molecule has 0 aliphatic carbocycles. The molecule has 1 aliphatic heterocycles. The summed E-state index contributed by atoms with van der Waals surface area (Å²) in [5.74, 6) is -0.897. The van der Waals surface area contributed by atoms with Crippen LogP contribution >= 0.6 is 0 Å². The molecule has 1 aliphatic rings. The van der Waals surface area contributed by atoms with Gasteiger partial charge >= 0.3 is 5.97 Å². The summed E-state index contributed by atoms with van der Waals surface area (Å²) >= 11 is 0. The lowest BCUT2D eigenvalue weighted by Crippen LogP contribution is -2.42. The summed E-state index contributed by atoms with van der Waals surface area (Å²) in [5, 5.41) is 20.8. The SMILES string of the molecule is CC1(C)C(O)CN[C@@H]1C(=O)O. The number of aliphatic carboxylic acids is 1. The number of carboxylic acids is 1. The number of β-amino-alcohol motifs (C(OH)–C–C–N with tert-alkyl or cyclic N) is 1. The van der Waals surface area contributed by atoms with Gasteiger partial charge in [-0.05, 0) is 0 Å². The van der Waals surface area contributed by atoms with Crippen molar-refractivity contribution in [2.24, 2.45) is 5.41 Å². The molecule has 0 aromatic rings. The number of carboxylic acid groups (broad SMARTS) is 1. The number of carbonyl (C=O) groups is 1. The second-order valence-corrected chi connectivity index (χ2v) is 3.52. The molecular weight excluding hydrogens is 146 g/mol. The number of aliphatic hydroxyl groups excluding tert-OH is 1. The molecule has 1 fully saturated rings. The first-order valence-electron chi connectivity index (χ1n) is 3.60. The minimum atomic E-state index is -0.897. The van der Waals surface area contributed by atoms with Gasteiger partial charge in [0, 0.05) is 12.0 Å². The third-order valence-corrected chi connectivity index (χ3v) is 2.37. The maximum Gasteiger partial charge on any atom is 0.321 e. The zero-order valence-electron chi connectivity index (χ0n) is 6.66. The summed E-state index contributed by atoms with van der Waals surface area (Å²) in [4.78, 5) is 10.6. The van der Waals surface area contributed by atoms with Crippen LogP contribution in [-0.4, -0.2) is 34.9 Å². The fourth-order valence-corrected chi connectivity index (χ4v) is 1.35. The van der Waals surface area contributed by atoms with Gasteiger partial charge in [-0.3, -0.25) is 4.79 Å². The smallest absolute Gasteiger partial charge is 0.321 e. The van der Waals surface area contributed by atoms with E-state index in [-0.39, 0.29) is 0 Å². The zero-order valence-corrected chi connectivity index (χ0v) is 6.66. The molecule has 1 saturated heterocycles. The maximum absolute atomic E-state index is 10.6. The molecule has 1 heterocycles. The van der Waals surface area contributed by atoms with Crippen molar-refractivity contribution in [1.29, 1.82) is 0 Å². The van der Waals surface area contributed by atoms with Gasteiger partial charge in [-0.2, -0.15) is 0 Å². The molecule has 1 unspecified atom stereocenters. The number of aliphatic hydroxyl groups is 1. The van der Waals surface area contributed by atoms with Crippen molar-refractivity contribution in [3.05, 3.63) is 0 Å². The van der Waals surface area contributed by atoms with E-state index < -0.39 is 23.5 Å². The Morgan fingerprint density at radius 3 is 2.36 bits per heavy atom. The van der Waals surface area contributed by atoms with Gasteiger partial charge in [0.05, 0.1) is 6.10 Å². The monoisotopic (exact) mass is 159 g/mol. The zero-order chi connectivity index (χ0) is 8.65. The predicted octanol–water partition coefficient (Wildman–Crippen LogP) is -0.570. The molecule has 2 atom stereocenters. The van der Waals surface area contributed by atoms with Crippen molar-refractivity contribution in [2.45, 2.75) is 26.0 Å². The van der Waals surface area contributed by atoms with Crippen LogP contribution in [0.25, 0.3) is 0 Å². The number of hydrogen-bond donors (Lipinski definition) is 3. The lowest BCUT2D eigenvalue weighted by atomic mass is 9.83. The van der Waals surface area contributed by atoms with Crippen LogP contribution in [0.15, 0.2) is 0 Å². The molecule has 0 spiro atoms. The second kappa shape index (κ2) is 2.46. The molecule has 0 radical (unpaired) electrons. The van der Waals surface area contributed by atoms with Gasteiger partial charge in [0.25, 0.3) is 0 Å². The normalized spacial score (nSPS) is 35.5. The lowest BCUT2D eigenvalue weighted by Gasteiger charge is -2.25. The molecule has 64 valence electrons. The minimum absolute atomic E-state index is 0.365. The Morgan fingerprint density at radius 2 is 2.18 bits per heavy atom. The fourth-order valence-electron chi connectivity index (χ4n) is 1.35. The maximum atomic E-state index is 10.6. The van der Waals surface area contributed by atoms with Gasteiger partial charge in [-0.15, -0.1) is 0 Å². The summed E-state index contributed by atoms with van der Waals surface area (Å²) in [6.45, 7) is 3.86. The number of hydrogen-bond acceptors (Lipinski definition) is 3. The van der Waals surface area contributed by atoms with E-state index in [1.165, 1.54) is 0 Å². The van der Waals surface area contributed by atoms with E-state index in [1.54, 1.807) is 13.8 Å². The van der Waals surface area contributed by atoms with Crippen LogP contribution in [0.2, 0.25) is 0 Å². The van der Waals surface area contributed by atoms with Gasteiger partial charge in [-0.1, -0.05) is 13.8 Å². The quantitative estimate of drug-likeness (QED) is 0.479. The van der Waals surface area contributed by atoms with E-state index in [0.717, 1.165) is 0 Å². The lowest BCUT2D eigenvalue weighted by molar-refractivity contribution is -0.142. The van der Waals surface area contributed by atoms with Crippen LogP contribution in [0.3, 0.4) is 0 Å². The van der Waals surface area contributed by atoms with Crippen molar-refractivity contribution in [2.75, 3.05) is 6.54 Å². The molecule has 11 heavy (non-hydrogen) atoms. The second-order valence-electron chi connectivity index (χ2n) is 3.52. The van der Waals surface area contributed by atoms with Crippen LogP contribution < -0.4 is 5.32 Å². The first-order valence-corrected chi connectivity index (χ1v) is 3.60. The Hall–Kier alpha value is -0.610. The van der Waals surface area contributed by atoms with Gasteiger partial charge in [-0.25, -0.2) is 0 Å². The van der Waals surface area contributed by atoms with Gasteiger partial charge in [0.2, 0.25) is 0 Å². The van der Waals surface area contributed by atoms with Gasteiger partial charge in [0.15, 0.2) is 0 Å². The number of nitrogens with one attached hydrogen (secondary N) is 1. The molecule has 1 rings (SSSR count). The van der Waals surface area contributed by atoms with Crippen LogP contribution in [0.1, 0.15) is 13.8 Å². The first-order chi connectivity index (χ1) is 4.96. The van der Waals surface area contributed by atoms with E-state index >= 15 is 0 Å². The van der Waals surface area contributed by atoms with Crippen molar-refractivity contribution >= 4 is 5.97 Å². The Labute approximate surface area is 65.2 Å². The molecule has 4 heteroatoms. The molecule has 0 aromatic carbocycles. The predicted molar refractivity (Wildman–Crippen MR) is 39.2 cm³/mol. The summed E-state index contributed by atoms with van der Waals surface area (Å²) in [6.07, 6.45) is -0.566. The highest BCUT2D eigenvalue weighted by Crippen LogP contribution is 2.30. The van der Waals surface area contributed by atoms with Crippen molar-refractivity contribution in [3.8, 4) is 0 Å². The molecule has 0 bridgehead atoms. The Kier molecular flexibility index (Phi) is 1.90. The summed E-state index contributed by atoms with van der Waals surface area (Å²) in [6, 6.07) is -0.627. The molecule has 0 saturated carbocycles. The third-order valence-electron chi connectivity index (χ3n) is 2.37. The van der Waals surface area contributed by atoms with E-state index in [9.17, 15) is 9.90 Å². The standard InChI is InChI=1S/C7H13NO3/c1-7(2)4(9)3-8-5(7)6(10)11/h4-5,8-9H,3H2,1-2H3,(H,10,11)/t4?,5-/m1/s1. The van der Waals surface area contributed by atoms with E-state index in [0.29, 0.717) is 6.54 Å². The van der Waals surface area contributed by atoms with Crippen LogP contribution in [0.5, 0.6) is 0 Å². The van der Waals surface area contributed by atoms with Crippen molar-refractivity contribution in [3.63, 3.8) is 0 Å². The molecule has 3 N–H and O–H groups in total. The van der Waals surface area contributed by atoms with Crippen molar-refractivity contribution < 1.29 is 15.0 Å². The highest BCUT2D eigenvalue weighted by Gasteiger charge is 2.45. The Balaban J connectivity index is 2.78. The Morgan fingerprint density at radius 1 is 1.64 bits per heavy atom. The van der Waals surface area contributed by atoms with E-state index in [1.807, 2.05) is 0 Å². The molecular formula is C7H13NO3. The first kappa shape index (κ1) is 8.49. The highest BCUT2D eigenvalue weighted by molar-refractivity contribution is 5.75. The van der Waals surface area contributed by atoms with Gasteiger partial charge in [0.1, 0.15) is 6.04 Å². The fraction of sp³-hybridized carbons (Fsp3) is 0.857. The van der Waals surface area contributed by atoms with Gasteiger partial charge < -0.3 is 15.5 Å². The highest BCUT2D eigenvalue weighted by atomic mass is 16.4. The minimum Gasteiger partial charge on any atom is -0.480 e. The molecule has 0 amide bonds. The van der Waals surface area contributed by atoms with Crippen LogP contribution in [-0.2, 0) is 4.79 Å². The van der Waals surface area contributed by atoms with Crippen LogP contribution in [0.4, 0.5) is 0 Å². The summed E-state index contributed by atoms with van der Waals surface area (Å²) < 4.78 is 0. The van der Waals surface area contributed by atoms with Crippen LogP contribution in [0, 0.1) is 5.41 Å². The average molecular weight is 159 g/mol. The summed E-state index contributed by atoms with van der Waals surface area (Å²) in [7, 11) is 0. The molecule has 0 aromatic heterocycles. The third kappa shape index (κ3) is 1.23.